The first-order valence-electron chi connectivity index (χ1n) is 7.47. The molecule has 100 valence electrons. The molecule has 0 bridgehead atoms. The van der Waals surface area contributed by atoms with Crippen LogP contribution in [0.1, 0.15) is 39.0 Å². The van der Waals surface area contributed by atoms with Crippen molar-refractivity contribution in [1.82, 2.24) is 4.98 Å². The first-order valence-corrected chi connectivity index (χ1v) is 7.47. The maximum atomic E-state index is 4.27. The Balaban J connectivity index is 1.88. The van der Waals surface area contributed by atoms with Gasteiger partial charge in [-0.25, -0.2) is 0 Å². The van der Waals surface area contributed by atoms with Crippen molar-refractivity contribution >= 4 is 16.5 Å². The lowest BCUT2D eigenvalue weighted by atomic mass is 9.82. The summed E-state index contributed by atoms with van der Waals surface area (Å²) in [4.78, 5) is 4.27. The fourth-order valence-electron chi connectivity index (χ4n) is 3.33. The summed E-state index contributed by atoms with van der Waals surface area (Å²) in [6.07, 6.45) is 10.5. The average molecular weight is 254 g/mol. The van der Waals surface area contributed by atoms with E-state index in [2.05, 4.69) is 41.5 Å². The predicted molar refractivity (Wildman–Crippen MR) is 81.4 cm³/mol. The Hall–Kier alpha value is -1.57. The van der Waals surface area contributed by atoms with Crippen molar-refractivity contribution in [3.63, 3.8) is 0 Å². The summed E-state index contributed by atoms with van der Waals surface area (Å²) in [6, 6.07) is 9.18. The Morgan fingerprint density at radius 1 is 1.21 bits per heavy atom. The van der Waals surface area contributed by atoms with Crippen LogP contribution in [0.2, 0.25) is 0 Å². The Kier molecular flexibility index (Phi) is 3.67. The highest BCUT2D eigenvalue weighted by Crippen LogP contribution is 2.31. The molecule has 19 heavy (non-hydrogen) atoms. The van der Waals surface area contributed by atoms with Crippen LogP contribution in [-0.2, 0) is 0 Å². The molecule has 2 atom stereocenters. The number of hydrogen-bond donors (Lipinski definition) is 1. The molecule has 2 heteroatoms. The van der Waals surface area contributed by atoms with Crippen LogP contribution in [0.5, 0.6) is 0 Å². The number of pyridine rings is 1. The van der Waals surface area contributed by atoms with E-state index in [1.54, 1.807) is 0 Å². The van der Waals surface area contributed by atoms with Crippen LogP contribution >= 0.6 is 0 Å². The van der Waals surface area contributed by atoms with Gasteiger partial charge in [0, 0.05) is 29.5 Å². The van der Waals surface area contributed by atoms with Crippen LogP contribution in [0.25, 0.3) is 10.8 Å². The Morgan fingerprint density at radius 3 is 3.00 bits per heavy atom. The zero-order valence-electron chi connectivity index (χ0n) is 11.6. The zero-order chi connectivity index (χ0) is 13.1. The third kappa shape index (κ3) is 2.58. The highest BCUT2D eigenvalue weighted by Gasteiger charge is 2.23. The van der Waals surface area contributed by atoms with E-state index in [0.717, 1.165) is 5.92 Å². The Bertz CT molecular complexity index is 544. The van der Waals surface area contributed by atoms with E-state index in [1.165, 1.54) is 48.6 Å². The number of anilines is 1. The SMILES string of the molecule is CCC1CCCCC1Nc1cccc2ccncc12. The maximum absolute atomic E-state index is 4.27. The summed E-state index contributed by atoms with van der Waals surface area (Å²) in [6.45, 7) is 2.31. The second-order valence-electron chi connectivity index (χ2n) is 5.61. The van der Waals surface area contributed by atoms with Gasteiger partial charge in [0.2, 0.25) is 0 Å². The van der Waals surface area contributed by atoms with Gasteiger partial charge in [0.25, 0.3) is 0 Å². The lowest BCUT2D eigenvalue weighted by molar-refractivity contribution is 0.317. The van der Waals surface area contributed by atoms with E-state index < -0.39 is 0 Å². The maximum Gasteiger partial charge on any atom is 0.0437 e. The minimum atomic E-state index is 0.629. The summed E-state index contributed by atoms with van der Waals surface area (Å²) >= 11 is 0. The third-order valence-electron chi connectivity index (χ3n) is 4.46. The second kappa shape index (κ2) is 5.60. The van der Waals surface area contributed by atoms with Crippen molar-refractivity contribution in [2.24, 2.45) is 5.92 Å². The zero-order valence-corrected chi connectivity index (χ0v) is 11.6. The lowest BCUT2D eigenvalue weighted by Gasteiger charge is -2.32. The number of nitrogens with one attached hydrogen (secondary N) is 1. The summed E-state index contributed by atoms with van der Waals surface area (Å²) in [5, 5.41) is 6.29. The van der Waals surface area contributed by atoms with Crippen LogP contribution < -0.4 is 5.32 Å². The molecular weight excluding hydrogens is 232 g/mol. The van der Waals surface area contributed by atoms with Crippen LogP contribution in [-0.4, -0.2) is 11.0 Å². The number of fused-ring (bicyclic) bond motifs is 1. The number of aromatic nitrogens is 1. The van der Waals surface area contributed by atoms with E-state index in [0.29, 0.717) is 6.04 Å². The van der Waals surface area contributed by atoms with Crippen LogP contribution in [0, 0.1) is 5.92 Å². The topological polar surface area (TPSA) is 24.9 Å². The normalized spacial score (nSPS) is 23.4. The van der Waals surface area contributed by atoms with E-state index >= 15 is 0 Å². The molecule has 1 aliphatic carbocycles. The molecule has 2 unspecified atom stereocenters. The second-order valence-corrected chi connectivity index (χ2v) is 5.61. The van der Waals surface area contributed by atoms with Crippen LogP contribution in [0.3, 0.4) is 0 Å². The smallest absolute Gasteiger partial charge is 0.0437 e. The summed E-state index contributed by atoms with van der Waals surface area (Å²) in [5.74, 6) is 0.820. The van der Waals surface area contributed by atoms with Crippen molar-refractivity contribution in [1.29, 1.82) is 0 Å². The first-order chi connectivity index (χ1) is 9.38. The van der Waals surface area contributed by atoms with E-state index in [1.807, 2.05) is 12.4 Å². The molecule has 1 aromatic heterocycles. The largest absolute Gasteiger partial charge is 0.381 e. The van der Waals surface area contributed by atoms with Gasteiger partial charge in [-0.05, 0) is 36.3 Å². The fourth-order valence-corrected chi connectivity index (χ4v) is 3.33. The molecule has 0 radical (unpaired) electrons. The summed E-state index contributed by atoms with van der Waals surface area (Å²) in [7, 11) is 0. The molecule has 0 spiro atoms. The molecule has 0 amide bonds. The monoisotopic (exact) mass is 254 g/mol. The highest BCUT2D eigenvalue weighted by atomic mass is 14.9. The van der Waals surface area contributed by atoms with Crippen molar-refractivity contribution in [3.05, 3.63) is 36.7 Å². The van der Waals surface area contributed by atoms with Crippen molar-refractivity contribution in [2.75, 3.05) is 5.32 Å². The van der Waals surface area contributed by atoms with Crippen LogP contribution in [0.15, 0.2) is 36.7 Å². The standard InChI is InChI=1S/C17H22N2/c1-2-13-6-3-4-8-16(13)19-17-9-5-7-14-10-11-18-12-15(14)17/h5,7,9-13,16,19H,2-4,6,8H2,1H3. The molecule has 1 fully saturated rings. The van der Waals surface area contributed by atoms with E-state index in [9.17, 15) is 0 Å². The first kappa shape index (κ1) is 12.5. The minimum Gasteiger partial charge on any atom is -0.381 e. The molecule has 2 aromatic rings. The fraction of sp³-hybridized carbons (Fsp3) is 0.471. The average Bonchev–Trinajstić information content (AvgIpc) is 2.48. The number of rotatable bonds is 3. The Morgan fingerprint density at radius 2 is 2.11 bits per heavy atom. The molecule has 1 aliphatic rings. The minimum absolute atomic E-state index is 0.629. The molecule has 0 saturated heterocycles. The Labute approximate surface area is 115 Å². The highest BCUT2D eigenvalue weighted by molar-refractivity contribution is 5.93. The van der Waals surface area contributed by atoms with Gasteiger partial charge in [0.15, 0.2) is 0 Å². The molecule has 0 aliphatic heterocycles. The quantitative estimate of drug-likeness (QED) is 0.864. The van der Waals surface area contributed by atoms with Gasteiger partial charge in [-0.2, -0.15) is 0 Å². The lowest BCUT2D eigenvalue weighted by Crippen LogP contribution is -2.31. The number of nitrogens with zero attached hydrogens (tertiary/aromatic N) is 1. The van der Waals surface area contributed by atoms with E-state index in [-0.39, 0.29) is 0 Å². The number of hydrogen-bond acceptors (Lipinski definition) is 2. The molecule has 1 N–H and O–H groups in total. The number of benzene rings is 1. The van der Waals surface area contributed by atoms with E-state index in [4.69, 9.17) is 0 Å². The molecule has 2 nitrogen and oxygen atoms in total. The van der Waals surface area contributed by atoms with Gasteiger partial charge in [-0.15, -0.1) is 0 Å². The molecule has 1 aromatic carbocycles. The van der Waals surface area contributed by atoms with Crippen molar-refractivity contribution in [3.8, 4) is 0 Å². The third-order valence-corrected chi connectivity index (χ3v) is 4.46. The molecule has 1 heterocycles. The van der Waals surface area contributed by atoms with Crippen LogP contribution in [0.4, 0.5) is 5.69 Å². The van der Waals surface area contributed by atoms with Gasteiger partial charge in [0.1, 0.15) is 0 Å². The van der Waals surface area contributed by atoms with Gasteiger partial charge in [-0.1, -0.05) is 38.3 Å². The van der Waals surface area contributed by atoms with Gasteiger partial charge < -0.3 is 5.32 Å². The van der Waals surface area contributed by atoms with Gasteiger partial charge in [0.05, 0.1) is 0 Å². The van der Waals surface area contributed by atoms with Crippen molar-refractivity contribution in [2.45, 2.75) is 45.1 Å². The van der Waals surface area contributed by atoms with Crippen molar-refractivity contribution < 1.29 is 0 Å². The predicted octanol–water partition coefficient (Wildman–Crippen LogP) is 4.62. The molecule has 3 rings (SSSR count). The summed E-state index contributed by atoms with van der Waals surface area (Å²) < 4.78 is 0. The molecule has 1 saturated carbocycles. The molecular formula is C17H22N2. The summed E-state index contributed by atoms with van der Waals surface area (Å²) in [5.41, 5.74) is 1.25. The van der Waals surface area contributed by atoms with Gasteiger partial charge in [-0.3, -0.25) is 4.98 Å². The van der Waals surface area contributed by atoms with Gasteiger partial charge >= 0.3 is 0 Å².